The number of rotatable bonds is 4. The third kappa shape index (κ3) is 2.38. The summed E-state index contributed by atoms with van der Waals surface area (Å²) in [6.45, 7) is 4.77. The number of amides is 1. The highest BCUT2D eigenvalue weighted by Crippen LogP contribution is 2.13. The summed E-state index contributed by atoms with van der Waals surface area (Å²) in [5.41, 5.74) is 0.477. The fraction of sp³-hybridized carbons (Fsp3) is 0.700. The van der Waals surface area contributed by atoms with Gasteiger partial charge >= 0.3 is 0 Å². The summed E-state index contributed by atoms with van der Waals surface area (Å²) >= 11 is 1.22. The van der Waals surface area contributed by atoms with Gasteiger partial charge in [-0.2, -0.15) is 0 Å². The minimum Gasteiger partial charge on any atom is -0.333 e. The average Bonchev–Trinajstić information content (AvgIpc) is 2.96. The maximum absolute atomic E-state index is 12.2. The first kappa shape index (κ1) is 11.5. The molecule has 0 aromatic carbocycles. The second-order valence-electron chi connectivity index (χ2n) is 3.94. The Morgan fingerprint density at radius 3 is 3.19 bits per heavy atom. The molecule has 1 N–H and O–H groups in total. The molecule has 1 aliphatic rings. The molecule has 1 aromatic rings. The van der Waals surface area contributed by atoms with Crippen LogP contribution in [-0.4, -0.2) is 46.1 Å². The van der Waals surface area contributed by atoms with Crippen molar-refractivity contribution in [2.45, 2.75) is 25.8 Å². The minimum atomic E-state index is 0.0179. The van der Waals surface area contributed by atoms with E-state index in [1.807, 2.05) is 4.90 Å². The molecule has 1 saturated heterocycles. The highest BCUT2D eigenvalue weighted by Gasteiger charge is 2.27. The third-order valence-corrected chi connectivity index (χ3v) is 3.28. The summed E-state index contributed by atoms with van der Waals surface area (Å²) in [4.78, 5) is 14.1. The lowest BCUT2D eigenvalue weighted by Gasteiger charge is -2.27. The van der Waals surface area contributed by atoms with Gasteiger partial charge in [0.15, 0.2) is 5.69 Å². The van der Waals surface area contributed by atoms with Crippen molar-refractivity contribution in [3.63, 3.8) is 0 Å². The highest BCUT2D eigenvalue weighted by atomic mass is 32.1. The normalized spacial score (nSPS) is 19.9. The molecule has 1 aliphatic heterocycles. The van der Waals surface area contributed by atoms with E-state index in [1.165, 1.54) is 11.5 Å². The van der Waals surface area contributed by atoms with E-state index in [4.69, 9.17) is 0 Å². The van der Waals surface area contributed by atoms with Crippen LogP contribution in [0.2, 0.25) is 0 Å². The van der Waals surface area contributed by atoms with Crippen LogP contribution >= 0.6 is 11.5 Å². The van der Waals surface area contributed by atoms with Gasteiger partial charge in [0, 0.05) is 24.5 Å². The van der Waals surface area contributed by atoms with Gasteiger partial charge in [0.1, 0.15) is 0 Å². The minimum absolute atomic E-state index is 0.0179. The van der Waals surface area contributed by atoms with Crippen LogP contribution in [0.15, 0.2) is 5.38 Å². The van der Waals surface area contributed by atoms with Crippen LogP contribution in [0.4, 0.5) is 0 Å². The fourth-order valence-corrected chi connectivity index (χ4v) is 2.43. The molecule has 0 aliphatic carbocycles. The van der Waals surface area contributed by atoms with E-state index in [-0.39, 0.29) is 5.91 Å². The van der Waals surface area contributed by atoms with Crippen LogP contribution < -0.4 is 5.32 Å². The fourth-order valence-electron chi connectivity index (χ4n) is 2.00. The summed E-state index contributed by atoms with van der Waals surface area (Å²) in [7, 11) is 0. The molecule has 1 aromatic heterocycles. The molecule has 6 heteroatoms. The van der Waals surface area contributed by atoms with E-state index in [9.17, 15) is 4.79 Å². The Morgan fingerprint density at radius 1 is 1.75 bits per heavy atom. The van der Waals surface area contributed by atoms with E-state index < -0.39 is 0 Å². The van der Waals surface area contributed by atoms with Gasteiger partial charge in [-0.05, 0) is 30.9 Å². The van der Waals surface area contributed by atoms with E-state index in [0.29, 0.717) is 11.7 Å². The Morgan fingerprint density at radius 2 is 2.62 bits per heavy atom. The zero-order valence-electron chi connectivity index (χ0n) is 9.35. The summed E-state index contributed by atoms with van der Waals surface area (Å²) in [6.07, 6.45) is 2.00. The second kappa shape index (κ2) is 5.36. The van der Waals surface area contributed by atoms with Gasteiger partial charge in [-0.25, -0.2) is 0 Å². The van der Waals surface area contributed by atoms with Crippen molar-refractivity contribution in [2.24, 2.45) is 0 Å². The van der Waals surface area contributed by atoms with Crippen LogP contribution in [0.3, 0.4) is 0 Å². The first-order valence-corrected chi connectivity index (χ1v) is 6.45. The monoisotopic (exact) mass is 240 g/mol. The van der Waals surface area contributed by atoms with Crippen molar-refractivity contribution in [2.75, 3.05) is 19.6 Å². The quantitative estimate of drug-likeness (QED) is 0.844. The van der Waals surface area contributed by atoms with Gasteiger partial charge in [0.2, 0.25) is 0 Å². The van der Waals surface area contributed by atoms with Crippen LogP contribution in [0.1, 0.15) is 30.3 Å². The molecule has 0 saturated carbocycles. The molecule has 1 unspecified atom stereocenters. The molecule has 16 heavy (non-hydrogen) atoms. The number of aromatic nitrogens is 2. The SMILES string of the molecule is CCCN(C(=O)c1csnn1)C1CCNC1. The molecule has 2 heterocycles. The predicted octanol–water partition coefficient (Wildman–Crippen LogP) is 0.752. The summed E-state index contributed by atoms with van der Waals surface area (Å²) in [5, 5.41) is 8.85. The summed E-state index contributed by atoms with van der Waals surface area (Å²) in [5.74, 6) is 0.0179. The molecule has 0 spiro atoms. The summed E-state index contributed by atoms with van der Waals surface area (Å²) < 4.78 is 3.74. The molecule has 1 amide bonds. The second-order valence-corrected chi connectivity index (χ2v) is 4.55. The largest absolute Gasteiger partial charge is 0.333 e. The van der Waals surface area contributed by atoms with E-state index in [0.717, 1.165) is 32.5 Å². The van der Waals surface area contributed by atoms with Crippen LogP contribution in [-0.2, 0) is 0 Å². The van der Waals surface area contributed by atoms with Crippen LogP contribution in [0.25, 0.3) is 0 Å². The average molecular weight is 240 g/mol. The van der Waals surface area contributed by atoms with Crippen molar-refractivity contribution in [3.05, 3.63) is 11.1 Å². The first-order chi connectivity index (χ1) is 7.83. The molecule has 0 bridgehead atoms. The number of hydrogen-bond acceptors (Lipinski definition) is 5. The Labute approximate surface area is 99.0 Å². The lowest BCUT2D eigenvalue weighted by Crippen LogP contribution is -2.42. The molecule has 5 nitrogen and oxygen atoms in total. The van der Waals surface area contributed by atoms with Gasteiger partial charge in [0.25, 0.3) is 5.91 Å². The van der Waals surface area contributed by atoms with E-state index in [1.54, 1.807) is 5.38 Å². The molecule has 88 valence electrons. The Kier molecular flexibility index (Phi) is 3.84. The molecular formula is C10H16N4OS. The van der Waals surface area contributed by atoms with Crippen molar-refractivity contribution >= 4 is 17.4 Å². The Balaban J connectivity index is 2.09. The van der Waals surface area contributed by atoms with E-state index in [2.05, 4.69) is 21.8 Å². The maximum atomic E-state index is 12.2. The highest BCUT2D eigenvalue weighted by molar-refractivity contribution is 7.03. The number of hydrogen-bond donors (Lipinski definition) is 1. The zero-order valence-corrected chi connectivity index (χ0v) is 10.2. The van der Waals surface area contributed by atoms with Crippen LogP contribution in [0.5, 0.6) is 0 Å². The lowest BCUT2D eigenvalue weighted by atomic mass is 10.2. The van der Waals surface area contributed by atoms with Gasteiger partial charge in [-0.3, -0.25) is 4.79 Å². The number of carbonyl (C=O) groups is 1. The third-order valence-electron chi connectivity index (χ3n) is 2.78. The Hall–Kier alpha value is -1.01. The van der Waals surface area contributed by atoms with Gasteiger partial charge < -0.3 is 10.2 Å². The number of nitrogens with one attached hydrogen (secondary N) is 1. The lowest BCUT2D eigenvalue weighted by molar-refractivity contribution is 0.0686. The Bertz CT molecular complexity index is 335. The van der Waals surface area contributed by atoms with Crippen LogP contribution in [0, 0.1) is 0 Å². The maximum Gasteiger partial charge on any atom is 0.275 e. The standard InChI is InChI=1S/C10H16N4OS/c1-2-5-14(8-3-4-11-6-8)10(15)9-7-16-13-12-9/h7-8,11H,2-6H2,1H3. The van der Waals surface area contributed by atoms with Crippen molar-refractivity contribution < 1.29 is 4.79 Å². The summed E-state index contributed by atoms with van der Waals surface area (Å²) in [6, 6.07) is 0.314. The molecule has 1 atom stereocenters. The number of nitrogens with zero attached hydrogens (tertiary/aromatic N) is 3. The molecular weight excluding hydrogens is 224 g/mol. The van der Waals surface area contributed by atoms with Gasteiger partial charge in [-0.1, -0.05) is 11.4 Å². The van der Waals surface area contributed by atoms with Crippen molar-refractivity contribution in [1.82, 2.24) is 19.8 Å². The van der Waals surface area contributed by atoms with Gasteiger partial charge in [0.05, 0.1) is 0 Å². The number of carbonyl (C=O) groups excluding carboxylic acids is 1. The van der Waals surface area contributed by atoms with E-state index >= 15 is 0 Å². The van der Waals surface area contributed by atoms with Crippen molar-refractivity contribution in [1.29, 1.82) is 0 Å². The van der Waals surface area contributed by atoms with Crippen molar-refractivity contribution in [3.8, 4) is 0 Å². The molecule has 0 radical (unpaired) electrons. The molecule has 1 fully saturated rings. The molecule has 2 rings (SSSR count). The predicted molar refractivity (Wildman–Crippen MR) is 62.5 cm³/mol. The smallest absolute Gasteiger partial charge is 0.275 e. The zero-order chi connectivity index (χ0) is 11.4. The first-order valence-electron chi connectivity index (χ1n) is 5.61. The topological polar surface area (TPSA) is 58.1 Å². The van der Waals surface area contributed by atoms with Gasteiger partial charge in [-0.15, -0.1) is 5.10 Å².